The molecule has 0 aliphatic heterocycles. The molecule has 0 atom stereocenters. The molecule has 0 saturated carbocycles. The quantitative estimate of drug-likeness (QED) is 0.486. The average Bonchev–Trinajstić information content (AvgIpc) is 2.74. The van der Waals surface area contributed by atoms with Crippen LogP contribution in [0.25, 0.3) is 10.8 Å². The lowest BCUT2D eigenvalue weighted by Crippen LogP contribution is -2.01. The number of nitrogens with zero attached hydrogens (tertiary/aromatic N) is 3. The van der Waals surface area contributed by atoms with E-state index in [1.807, 2.05) is 55.5 Å². The zero-order chi connectivity index (χ0) is 19.3. The van der Waals surface area contributed by atoms with Gasteiger partial charge in [-0.3, -0.25) is 4.98 Å². The highest BCUT2D eigenvalue weighted by atomic mass is 16.5. The van der Waals surface area contributed by atoms with Crippen molar-refractivity contribution in [2.24, 2.45) is 0 Å². The van der Waals surface area contributed by atoms with Crippen LogP contribution in [0.15, 0.2) is 67.1 Å². The summed E-state index contributed by atoms with van der Waals surface area (Å²) in [6.45, 7) is 2.47. The molecule has 0 spiro atoms. The standard InChI is InChI=1S/C22H21N5O/c1-2-16-12-24-13-22(26-16)27-21-11-15(9-10-25-21)14-28-20-8-7-19(23)17-5-3-4-6-18(17)20/h3-13H,2,14,23H2,1H3,(H,25,26,27). The van der Waals surface area contributed by atoms with Crippen LogP contribution in [0, 0.1) is 0 Å². The number of fused-ring (bicyclic) bond motifs is 1. The van der Waals surface area contributed by atoms with Crippen LogP contribution < -0.4 is 15.8 Å². The number of aryl methyl sites for hydroxylation is 1. The maximum Gasteiger partial charge on any atom is 0.150 e. The highest BCUT2D eigenvalue weighted by Gasteiger charge is 2.06. The van der Waals surface area contributed by atoms with Gasteiger partial charge in [0, 0.05) is 28.9 Å². The molecule has 0 unspecified atom stereocenters. The Balaban J connectivity index is 1.51. The molecule has 2 heterocycles. The van der Waals surface area contributed by atoms with Gasteiger partial charge in [0.1, 0.15) is 24.0 Å². The van der Waals surface area contributed by atoms with E-state index in [1.165, 1.54) is 0 Å². The number of pyridine rings is 1. The van der Waals surface area contributed by atoms with Crippen molar-refractivity contribution in [1.29, 1.82) is 0 Å². The van der Waals surface area contributed by atoms with Gasteiger partial charge in [0.25, 0.3) is 0 Å². The Kier molecular flexibility index (Phi) is 5.01. The number of nitrogens with one attached hydrogen (secondary N) is 1. The number of aromatic nitrogens is 3. The minimum Gasteiger partial charge on any atom is -0.488 e. The summed E-state index contributed by atoms with van der Waals surface area (Å²) >= 11 is 0. The molecule has 140 valence electrons. The van der Waals surface area contributed by atoms with Gasteiger partial charge in [-0.1, -0.05) is 31.2 Å². The summed E-state index contributed by atoms with van der Waals surface area (Å²) in [5.41, 5.74) is 8.74. The Labute approximate surface area is 163 Å². The fourth-order valence-electron chi connectivity index (χ4n) is 2.98. The molecule has 0 amide bonds. The van der Waals surface area contributed by atoms with Crippen LogP contribution >= 0.6 is 0 Å². The molecule has 0 fully saturated rings. The molecule has 0 aliphatic rings. The summed E-state index contributed by atoms with van der Waals surface area (Å²) in [4.78, 5) is 13.0. The second-order valence-corrected chi connectivity index (χ2v) is 6.41. The first-order valence-electron chi connectivity index (χ1n) is 9.16. The zero-order valence-electron chi connectivity index (χ0n) is 15.6. The molecule has 3 N–H and O–H groups in total. The monoisotopic (exact) mass is 371 g/mol. The summed E-state index contributed by atoms with van der Waals surface area (Å²) in [5, 5.41) is 5.19. The largest absolute Gasteiger partial charge is 0.488 e. The predicted molar refractivity (Wildman–Crippen MR) is 112 cm³/mol. The third kappa shape index (κ3) is 3.86. The number of rotatable bonds is 6. The summed E-state index contributed by atoms with van der Waals surface area (Å²) in [7, 11) is 0. The first-order valence-corrected chi connectivity index (χ1v) is 9.16. The van der Waals surface area contributed by atoms with E-state index < -0.39 is 0 Å². The summed E-state index contributed by atoms with van der Waals surface area (Å²) in [5.74, 6) is 2.18. The van der Waals surface area contributed by atoms with Crippen molar-refractivity contribution in [1.82, 2.24) is 15.0 Å². The van der Waals surface area contributed by atoms with Crippen LogP contribution in [0.4, 0.5) is 17.3 Å². The lowest BCUT2D eigenvalue weighted by atomic mass is 10.1. The van der Waals surface area contributed by atoms with E-state index in [4.69, 9.17) is 10.5 Å². The molecule has 4 aromatic rings. The fraction of sp³-hybridized carbons (Fsp3) is 0.136. The number of nitrogens with two attached hydrogens (primary N) is 1. The average molecular weight is 371 g/mol. The molecule has 28 heavy (non-hydrogen) atoms. The van der Waals surface area contributed by atoms with Crippen molar-refractivity contribution in [3.8, 4) is 5.75 Å². The third-order valence-corrected chi connectivity index (χ3v) is 4.44. The Bertz CT molecular complexity index is 1110. The van der Waals surface area contributed by atoms with Crippen LogP contribution in [0.5, 0.6) is 5.75 Å². The third-order valence-electron chi connectivity index (χ3n) is 4.44. The second kappa shape index (κ2) is 7.92. The number of nitrogen functional groups attached to an aromatic ring is 1. The number of ether oxygens (including phenoxy) is 1. The van der Waals surface area contributed by atoms with Crippen molar-refractivity contribution >= 4 is 28.1 Å². The van der Waals surface area contributed by atoms with Gasteiger partial charge < -0.3 is 15.8 Å². The summed E-state index contributed by atoms with van der Waals surface area (Å²) in [6.07, 6.45) is 6.03. The van der Waals surface area contributed by atoms with Crippen LogP contribution in [0.1, 0.15) is 18.2 Å². The molecular formula is C22H21N5O. The van der Waals surface area contributed by atoms with Crippen molar-refractivity contribution in [2.75, 3.05) is 11.1 Å². The highest BCUT2D eigenvalue weighted by Crippen LogP contribution is 2.30. The molecule has 0 bridgehead atoms. The number of hydrogen-bond donors (Lipinski definition) is 2. The molecule has 0 aliphatic carbocycles. The number of anilines is 3. The summed E-state index contributed by atoms with van der Waals surface area (Å²) in [6, 6.07) is 15.6. The maximum atomic E-state index is 6.06. The first kappa shape index (κ1) is 17.7. The second-order valence-electron chi connectivity index (χ2n) is 6.41. The Hall–Kier alpha value is -3.67. The zero-order valence-corrected chi connectivity index (χ0v) is 15.6. The number of hydrogen-bond acceptors (Lipinski definition) is 6. The van der Waals surface area contributed by atoms with Gasteiger partial charge in [0.05, 0.1) is 11.9 Å². The lowest BCUT2D eigenvalue weighted by molar-refractivity contribution is 0.310. The maximum absolute atomic E-state index is 6.06. The van der Waals surface area contributed by atoms with Crippen molar-refractivity contribution in [3.05, 3.63) is 78.4 Å². The van der Waals surface area contributed by atoms with E-state index in [2.05, 4.69) is 20.3 Å². The van der Waals surface area contributed by atoms with Gasteiger partial charge in [-0.15, -0.1) is 0 Å². The van der Waals surface area contributed by atoms with Crippen LogP contribution in [0.3, 0.4) is 0 Å². The van der Waals surface area contributed by atoms with Gasteiger partial charge >= 0.3 is 0 Å². The van der Waals surface area contributed by atoms with Crippen molar-refractivity contribution < 1.29 is 4.74 Å². The highest BCUT2D eigenvalue weighted by molar-refractivity contribution is 5.96. The Morgan fingerprint density at radius 2 is 1.86 bits per heavy atom. The van der Waals surface area contributed by atoms with E-state index in [9.17, 15) is 0 Å². The fourth-order valence-corrected chi connectivity index (χ4v) is 2.98. The smallest absolute Gasteiger partial charge is 0.150 e. The van der Waals surface area contributed by atoms with Crippen LogP contribution in [-0.2, 0) is 13.0 Å². The van der Waals surface area contributed by atoms with Gasteiger partial charge in [-0.25, -0.2) is 9.97 Å². The Morgan fingerprint density at radius 1 is 1.00 bits per heavy atom. The lowest BCUT2D eigenvalue weighted by Gasteiger charge is -2.12. The van der Waals surface area contributed by atoms with E-state index in [0.29, 0.717) is 18.2 Å². The predicted octanol–water partition coefficient (Wildman–Crippen LogP) is 4.49. The molecule has 6 nitrogen and oxygen atoms in total. The summed E-state index contributed by atoms with van der Waals surface area (Å²) < 4.78 is 6.06. The SMILES string of the molecule is CCc1cncc(Nc2cc(COc3ccc(N)c4ccccc34)ccn2)n1. The van der Waals surface area contributed by atoms with Crippen molar-refractivity contribution in [3.63, 3.8) is 0 Å². The van der Waals surface area contributed by atoms with Gasteiger partial charge in [-0.05, 0) is 36.2 Å². The molecule has 2 aromatic carbocycles. The topological polar surface area (TPSA) is 86.0 Å². The van der Waals surface area contributed by atoms with Crippen molar-refractivity contribution in [2.45, 2.75) is 20.0 Å². The molecule has 4 rings (SSSR count). The van der Waals surface area contributed by atoms with E-state index in [0.717, 1.165) is 39.9 Å². The first-order chi connectivity index (χ1) is 13.7. The van der Waals surface area contributed by atoms with Crippen LogP contribution in [0.2, 0.25) is 0 Å². The Morgan fingerprint density at radius 3 is 2.71 bits per heavy atom. The van der Waals surface area contributed by atoms with Gasteiger partial charge in [0.15, 0.2) is 0 Å². The van der Waals surface area contributed by atoms with E-state index in [1.54, 1.807) is 18.6 Å². The molecule has 0 radical (unpaired) electrons. The molecular weight excluding hydrogens is 350 g/mol. The molecule has 2 aromatic heterocycles. The normalized spacial score (nSPS) is 10.8. The number of benzene rings is 2. The van der Waals surface area contributed by atoms with E-state index >= 15 is 0 Å². The van der Waals surface area contributed by atoms with Gasteiger partial charge in [0.2, 0.25) is 0 Å². The van der Waals surface area contributed by atoms with Crippen LogP contribution in [-0.4, -0.2) is 15.0 Å². The molecule has 0 saturated heterocycles. The van der Waals surface area contributed by atoms with Gasteiger partial charge in [-0.2, -0.15) is 0 Å². The minimum absolute atomic E-state index is 0.422. The van der Waals surface area contributed by atoms with E-state index in [-0.39, 0.29) is 0 Å². The minimum atomic E-state index is 0.422. The molecule has 6 heteroatoms.